The maximum atomic E-state index is 6.09. The molecular weight excluding hydrogens is 833 g/mol. The highest BCUT2D eigenvalue weighted by Gasteiger charge is 2.26. The third kappa shape index (κ3) is 12.2. The van der Waals surface area contributed by atoms with Gasteiger partial charge in [-0.05, 0) is 168 Å². The van der Waals surface area contributed by atoms with Crippen LogP contribution in [0.5, 0.6) is 57.5 Å². The highest BCUT2D eigenvalue weighted by Crippen LogP contribution is 2.41. The summed E-state index contributed by atoms with van der Waals surface area (Å²) in [5.74, 6) is 7.57. The summed E-state index contributed by atoms with van der Waals surface area (Å²) in [4.78, 5) is 0. The molecule has 0 N–H and O–H groups in total. The second-order valence-electron chi connectivity index (χ2n) is 16.3. The van der Waals surface area contributed by atoms with E-state index in [2.05, 4.69) is 72.8 Å². The highest BCUT2D eigenvalue weighted by atomic mass is 16.5. The molecule has 6 aromatic rings. The topological polar surface area (TPSA) is 92.3 Å². The monoisotopic (exact) mass is 898 g/mol. The summed E-state index contributed by atoms with van der Waals surface area (Å²) in [6.45, 7) is 0. The lowest BCUT2D eigenvalue weighted by Gasteiger charge is -2.29. The lowest BCUT2D eigenvalue weighted by Crippen LogP contribution is -2.19. The van der Waals surface area contributed by atoms with Gasteiger partial charge in [-0.25, -0.2) is 0 Å². The van der Waals surface area contributed by atoms with Crippen molar-refractivity contribution >= 4 is 0 Å². The Balaban J connectivity index is 1.30. The third-order valence-electron chi connectivity index (χ3n) is 12.5. The fourth-order valence-corrected chi connectivity index (χ4v) is 8.92. The average Bonchev–Trinajstić information content (AvgIpc) is 3.37. The Labute approximate surface area is 391 Å². The SMILES string of the molecule is COc1ccc(CC[C@H](Cc2ccc(CCc3cc(OC)c(OC)c(OC)c3)c(OC)c2)[C@@H](Cc2ccc(CCc3cc(OC)c(OC)c(OC)c3)c(OC)c2)c2ccc(OC)cc2)cc1. The number of methoxy groups -OCH3 is 10. The molecule has 0 heterocycles. The zero-order valence-electron chi connectivity index (χ0n) is 40.3. The van der Waals surface area contributed by atoms with Gasteiger partial charge in [0.15, 0.2) is 23.0 Å². The molecule has 10 heteroatoms. The molecule has 10 nitrogen and oxygen atoms in total. The standard InChI is InChI=1S/C56H66O10/c1-57-46-25-16-37(17-26-46)11-22-45(29-38-12-18-43(49(31-38)59-3)20-14-40-33-51(61-5)55(65-9)52(34-40)62-6)48(42-23-27-47(58-2)28-24-42)30-39-13-19-44(50(32-39)60-4)21-15-41-35-53(63-7)56(66-10)54(36-41)64-8/h12-13,16-19,23-28,31-36,45,48H,11,14-15,20-22,29-30H2,1-10H3/t45-,48+/m1/s1. The smallest absolute Gasteiger partial charge is 0.203 e. The molecule has 6 rings (SSSR count). The van der Waals surface area contributed by atoms with Crippen LogP contribution in [0.2, 0.25) is 0 Å². The first-order valence-electron chi connectivity index (χ1n) is 22.4. The van der Waals surface area contributed by atoms with Crippen LogP contribution in [-0.4, -0.2) is 71.1 Å². The Morgan fingerprint density at radius 1 is 0.318 bits per heavy atom. The Kier molecular flexibility index (Phi) is 17.7. The molecule has 0 saturated carbocycles. The van der Waals surface area contributed by atoms with E-state index >= 15 is 0 Å². The molecule has 0 amide bonds. The van der Waals surface area contributed by atoms with E-state index in [4.69, 9.17) is 47.4 Å². The summed E-state index contributed by atoms with van der Waals surface area (Å²) < 4.78 is 56.9. The second kappa shape index (κ2) is 24.0. The van der Waals surface area contributed by atoms with Crippen molar-refractivity contribution in [3.63, 3.8) is 0 Å². The van der Waals surface area contributed by atoms with E-state index in [1.54, 1.807) is 71.1 Å². The van der Waals surface area contributed by atoms with Crippen LogP contribution in [0.4, 0.5) is 0 Å². The molecule has 66 heavy (non-hydrogen) atoms. The third-order valence-corrected chi connectivity index (χ3v) is 12.5. The van der Waals surface area contributed by atoms with Crippen LogP contribution >= 0.6 is 0 Å². The largest absolute Gasteiger partial charge is 0.497 e. The second-order valence-corrected chi connectivity index (χ2v) is 16.3. The van der Waals surface area contributed by atoms with Crippen molar-refractivity contribution in [2.75, 3.05) is 71.1 Å². The van der Waals surface area contributed by atoms with Crippen LogP contribution in [0.25, 0.3) is 0 Å². The number of aryl methyl sites for hydroxylation is 5. The van der Waals surface area contributed by atoms with Crippen LogP contribution in [0.15, 0.2) is 109 Å². The van der Waals surface area contributed by atoms with Crippen molar-refractivity contribution in [3.05, 3.63) is 154 Å². The molecule has 0 saturated heterocycles. The molecular formula is C56H66O10. The van der Waals surface area contributed by atoms with Gasteiger partial charge in [-0.3, -0.25) is 0 Å². The van der Waals surface area contributed by atoms with Gasteiger partial charge < -0.3 is 47.4 Å². The van der Waals surface area contributed by atoms with E-state index in [1.807, 2.05) is 36.4 Å². The summed E-state index contributed by atoms with van der Waals surface area (Å²) >= 11 is 0. The molecule has 350 valence electrons. The van der Waals surface area contributed by atoms with Gasteiger partial charge in [0, 0.05) is 0 Å². The molecule has 0 fully saturated rings. The molecule has 0 aromatic heterocycles. The van der Waals surface area contributed by atoms with Crippen LogP contribution < -0.4 is 47.4 Å². The molecule has 0 aliphatic heterocycles. The lowest BCUT2D eigenvalue weighted by atomic mass is 9.75. The van der Waals surface area contributed by atoms with Gasteiger partial charge in [-0.15, -0.1) is 0 Å². The van der Waals surface area contributed by atoms with Crippen LogP contribution in [0.3, 0.4) is 0 Å². The van der Waals surface area contributed by atoms with Crippen molar-refractivity contribution in [1.82, 2.24) is 0 Å². The zero-order chi connectivity index (χ0) is 47.0. The number of hydrogen-bond donors (Lipinski definition) is 0. The average molecular weight is 899 g/mol. The van der Waals surface area contributed by atoms with E-state index in [1.165, 1.54) is 22.3 Å². The van der Waals surface area contributed by atoms with Crippen molar-refractivity contribution in [3.8, 4) is 57.5 Å². The van der Waals surface area contributed by atoms with Crippen molar-refractivity contribution in [1.29, 1.82) is 0 Å². The molecule has 0 aliphatic rings. The first-order valence-corrected chi connectivity index (χ1v) is 22.4. The first-order chi connectivity index (χ1) is 32.2. The van der Waals surface area contributed by atoms with E-state index in [0.29, 0.717) is 34.5 Å². The highest BCUT2D eigenvalue weighted by molar-refractivity contribution is 5.55. The van der Waals surface area contributed by atoms with Gasteiger partial charge in [-0.1, -0.05) is 48.5 Å². The van der Waals surface area contributed by atoms with Gasteiger partial charge in [0.1, 0.15) is 23.0 Å². The molecule has 2 atom stereocenters. The predicted octanol–water partition coefficient (Wildman–Crippen LogP) is 11.2. The Hall–Kier alpha value is -6.68. The number of ether oxygens (including phenoxy) is 10. The molecule has 0 unspecified atom stereocenters. The maximum Gasteiger partial charge on any atom is 0.203 e. The van der Waals surface area contributed by atoms with Crippen LogP contribution in [0, 0.1) is 5.92 Å². The summed E-state index contributed by atoms with van der Waals surface area (Å²) in [5, 5.41) is 0. The minimum atomic E-state index is 0.162. The molecule has 0 aliphatic carbocycles. The molecule has 6 aromatic carbocycles. The Morgan fingerprint density at radius 3 is 1.09 bits per heavy atom. The van der Waals surface area contributed by atoms with E-state index < -0.39 is 0 Å². The summed E-state index contributed by atoms with van der Waals surface area (Å²) in [6.07, 6.45) is 6.61. The quantitative estimate of drug-likeness (QED) is 0.0553. The van der Waals surface area contributed by atoms with E-state index in [9.17, 15) is 0 Å². The molecule has 0 spiro atoms. The summed E-state index contributed by atoms with van der Waals surface area (Å²) in [7, 11) is 16.7. The van der Waals surface area contributed by atoms with Crippen LogP contribution in [-0.2, 0) is 44.9 Å². The zero-order valence-corrected chi connectivity index (χ0v) is 40.3. The minimum Gasteiger partial charge on any atom is -0.497 e. The minimum absolute atomic E-state index is 0.162. The number of rotatable bonds is 25. The Morgan fingerprint density at radius 2 is 0.697 bits per heavy atom. The first kappa shape index (κ1) is 48.8. The van der Waals surface area contributed by atoms with Gasteiger partial charge in [-0.2, -0.15) is 0 Å². The maximum absolute atomic E-state index is 6.09. The van der Waals surface area contributed by atoms with Crippen molar-refractivity contribution < 1.29 is 47.4 Å². The van der Waals surface area contributed by atoms with Gasteiger partial charge >= 0.3 is 0 Å². The summed E-state index contributed by atoms with van der Waals surface area (Å²) in [6, 6.07) is 38.5. The van der Waals surface area contributed by atoms with Gasteiger partial charge in [0.2, 0.25) is 11.5 Å². The lowest BCUT2D eigenvalue weighted by molar-refractivity contribution is 0.323. The van der Waals surface area contributed by atoms with Gasteiger partial charge in [0.25, 0.3) is 0 Å². The Bertz CT molecular complexity index is 2410. The molecule has 0 radical (unpaired) electrons. The predicted molar refractivity (Wildman–Crippen MR) is 261 cm³/mol. The fourth-order valence-electron chi connectivity index (χ4n) is 8.92. The normalized spacial score (nSPS) is 11.8. The number of benzene rings is 6. The van der Waals surface area contributed by atoms with E-state index in [0.717, 1.165) is 96.6 Å². The fraction of sp³-hybridized carbons (Fsp3) is 0.357. The van der Waals surface area contributed by atoms with E-state index in [-0.39, 0.29) is 11.8 Å². The van der Waals surface area contributed by atoms with Crippen LogP contribution in [0.1, 0.15) is 56.8 Å². The van der Waals surface area contributed by atoms with Crippen molar-refractivity contribution in [2.45, 2.75) is 57.3 Å². The van der Waals surface area contributed by atoms with Crippen molar-refractivity contribution in [2.24, 2.45) is 5.92 Å². The van der Waals surface area contributed by atoms with Gasteiger partial charge in [0.05, 0.1) is 71.1 Å². The molecule has 0 bridgehead atoms. The number of hydrogen-bond acceptors (Lipinski definition) is 10. The summed E-state index contributed by atoms with van der Waals surface area (Å²) in [5.41, 5.74) is 9.39.